The molecule has 0 aliphatic carbocycles. The predicted octanol–water partition coefficient (Wildman–Crippen LogP) is 2.89. The molecule has 0 aromatic heterocycles. The third-order valence-electron chi connectivity index (χ3n) is 4.08. The molecule has 3 heteroatoms. The van der Waals surface area contributed by atoms with E-state index in [1.54, 1.807) is 0 Å². The fourth-order valence-electron chi connectivity index (χ4n) is 2.76. The van der Waals surface area contributed by atoms with Gasteiger partial charge in [-0.3, -0.25) is 4.90 Å². The lowest BCUT2D eigenvalue weighted by atomic mass is 10.0. The second-order valence-corrected chi connectivity index (χ2v) is 5.51. The first-order chi connectivity index (χ1) is 8.08. The Balaban J connectivity index is 0.00000162. The highest BCUT2D eigenvalue weighted by Gasteiger charge is 2.25. The lowest BCUT2D eigenvalue weighted by molar-refractivity contribution is 0.307. The summed E-state index contributed by atoms with van der Waals surface area (Å²) in [6.45, 7) is 9.99. The molecule has 0 bridgehead atoms. The summed E-state index contributed by atoms with van der Waals surface area (Å²) in [6.07, 6.45) is 1.25. The van der Waals surface area contributed by atoms with Gasteiger partial charge in [0.2, 0.25) is 0 Å². The zero-order chi connectivity index (χ0) is 12.4. The van der Waals surface area contributed by atoms with Crippen molar-refractivity contribution in [1.82, 2.24) is 4.90 Å². The molecule has 1 aliphatic rings. The first-order valence-corrected chi connectivity index (χ1v) is 6.61. The number of hydrogen-bond acceptors (Lipinski definition) is 2. The SMILES string of the molecule is Cc1cccc(C)c1CN1CCC(C(C)N)C1.Cl. The Morgan fingerprint density at radius 2 is 1.94 bits per heavy atom. The Morgan fingerprint density at radius 3 is 2.44 bits per heavy atom. The normalized spacial score (nSPS) is 21.7. The molecule has 1 aliphatic heterocycles. The summed E-state index contributed by atoms with van der Waals surface area (Å²) >= 11 is 0. The molecule has 1 heterocycles. The molecule has 2 atom stereocenters. The Labute approximate surface area is 117 Å². The van der Waals surface area contributed by atoms with Crippen molar-refractivity contribution in [2.75, 3.05) is 13.1 Å². The smallest absolute Gasteiger partial charge is 0.0239 e. The van der Waals surface area contributed by atoms with Crippen LogP contribution in [0, 0.1) is 19.8 Å². The summed E-state index contributed by atoms with van der Waals surface area (Å²) < 4.78 is 0. The average Bonchev–Trinajstić information content (AvgIpc) is 2.72. The van der Waals surface area contributed by atoms with Gasteiger partial charge >= 0.3 is 0 Å². The number of nitrogens with zero attached hydrogens (tertiary/aromatic N) is 1. The molecule has 2 N–H and O–H groups in total. The molecule has 1 aromatic rings. The van der Waals surface area contributed by atoms with Crippen molar-refractivity contribution < 1.29 is 0 Å². The average molecular weight is 269 g/mol. The second kappa shape index (κ2) is 6.55. The summed E-state index contributed by atoms with van der Waals surface area (Å²) in [5, 5.41) is 0. The molecular weight excluding hydrogens is 244 g/mol. The van der Waals surface area contributed by atoms with Crippen molar-refractivity contribution >= 4 is 12.4 Å². The number of rotatable bonds is 3. The lowest BCUT2D eigenvalue weighted by Crippen LogP contribution is -2.29. The third-order valence-corrected chi connectivity index (χ3v) is 4.08. The maximum atomic E-state index is 5.99. The fourth-order valence-corrected chi connectivity index (χ4v) is 2.76. The minimum Gasteiger partial charge on any atom is -0.328 e. The molecular formula is C15H25ClN2. The van der Waals surface area contributed by atoms with E-state index in [9.17, 15) is 0 Å². The van der Waals surface area contributed by atoms with Crippen molar-refractivity contribution in [2.45, 2.75) is 39.8 Å². The Kier molecular flexibility index (Phi) is 5.64. The molecule has 0 amide bonds. The van der Waals surface area contributed by atoms with Crippen LogP contribution in [0.2, 0.25) is 0 Å². The van der Waals surface area contributed by atoms with Crippen LogP contribution in [0.4, 0.5) is 0 Å². The van der Waals surface area contributed by atoms with Gasteiger partial charge in [0.25, 0.3) is 0 Å². The van der Waals surface area contributed by atoms with E-state index in [-0.39, 0.29) is 12.4 Å². The van der Waals surface area contributed by atoms with Gasteiger partial charge in [0.1, 0.15) is 0 Å². The number of hydrogen-bond donors (Lipinski definition) is 1. The van der Waals surface area contributed by atoms with Gasteiger partial charge in [-0.25, -0.2) is 0 Å². The van der Waals surface area contributed by atoms with E-state index < -0.39 is 0 Å². The molecule has 2 nitrogen and oxygen atoms in total. The van der Waals surface area contributed by atoms with Crippen LogP contribution in [0.15, 0.2) is 18.2 Å². The third kappa shape index (κ3) is 3.47. The summed E-state index contributed by atoms with van der Waals surface area (Å²) in [5.74, 6) is 0.680. The van der Waals surface area contributed by atoms with Gasteiger partial charge in [0.05, 0.1) is 0 Å². The summed E-state index contributed by atoms with van der Waals surface area (Å²) in [6, 6.07) is 6.89. The highest BCUT2D eigenvalue weighted by Crippen LogP contribution is 2.23. The van der Waals surface area contributed by atoms with Crippen LogP contribution in [0.25, 0.3) is 0 Å². The molecule has 2 rings (SSSR count). The first kappa shape index (κ1) is 15.5. The first-order valence-electron chi connectivity index (χ1n) is 6.61. The zero-order valence-corrected chi connectivity index (χ0v) is 12.5. The number of nitrogens with two attached hydrogens (primary N) is 1. The van der Waals surface area contributed by atoms with Gasteiger partial charge in [0, 0.05) is 19.1 Å². The summed E-state index contributed by atoms with van der Waals surface area (Å²) in [4.78, 5) is 2.54. The molecule has 1 saturated heterocycles. The van der Waals surface area contributed by atoms with Crippen LogP contribution >= 0.6 is 12.4 Å². The molecule has 0 spiro atoms. The predicted molar refractivity (Wildman–Crippen MR) is 80.2 cm³/mol. The van der Waals surface area contributed by atoms with Crippen molar-refractivity contribution in [3.63, 3.8) is 0 Å². The maximum absolute atomic E-state index is 5.99. The highest BCUT2D eigenvalue weighted by atomic mass is 35.5. The van der Waals surface area contributed by atoms with E-state index in [0.29, 0.717) is 12.0 Å². The highest BCUT2D eigenvalue weighted by molar-refractivity contribution is 5.85. The van der Waals surface area contributed by atoms with Crippen LogP contribution in [0.5, 0.6) is 0 Å². The van der Waals surface area contributed by atoms with Crippen LogP contribution in [-0.2, 0) is 6.54 Å². The number of likely N-dealkylation sites (tertiary alicyclic amines) is 1. The second-order valence-electron chi connectivity index (χ2n) is 5.51. The van der Waals surface area contributed by atoms with Crippen molar-refractivity contribution in [3.8, 4) is 0 Å². The monoisotopic (exact) mass is 268 g/mol. The van der Waals surface area contributed by atoms with Gasteiger partial charge in [-0.15, -0.1) is 12.4 Å². The molecule has 2 unspecified atom stereocenters. The summed E-state index contributed by atoms with van der Waals surface area (Å²) in [7, 11) is 0. The van der Waals surface area contributed by atoms with E-state index in [1.165, 1.54) is 29.7 Å². The van der Waals surface area contributed by atoms with Gasteiger partial charge in [-0.1, -0.05) is 18.2 Å². The van der Waals surface area contributed by atoms with Crippen LogP contribution in [0.1, 0.15) is 30.0 Å². The summed E-state index contributed by atoms with van der Waals surface area (Å²) in [5.41, 5.74) is 10.3. The Bertz CT molecular complexity index is 370. The largest absolute Gasteiger partial charge is 0.328 e. The topological polar surface area (TPSA) is 29.3 Å². The minimum absolute atomic E-state index is 0. The molecule has 1 fully saturated rings. The Hall–Kier alpha value is -0.570. The van der Waals surface area contributed by atoms with E-state index >= 15 is 0 Å². The molecule has 1 aromatic carbocycles. The van der Waals surface area contributed by atoms with Crippen molar-refractivity contribution in [3.05, 3.63) is 34.9 Å². The standard InChI is InChI=1S/C15H24N2.ClH/c1-11-5-4-6-12(2)15(11)10-17-8-7-14(9-17)13(3)16;/h4-6,13-14H,7-10,16H2,1-3H3;1H. The minimum atomic E-state index is 0. The molecule has 0 saturated carbocycles. The maximum Gasteiger partial charge on any atom is 0.0239 e. The lowest BCUT2D eigenvalue weighted by Gasteiger charge is -2.20. The van der Waals surface area contributed by atoms with Gasteiger partial charge in [-0.05, 0) is 56.3 Å². The quantitative estimate of drug-likeness (QED) is 0.913. The van der Waals surface area contributed by atoms with E-state index in [1.807, 2.05) is 0 Å². The van der Waals surface area contributed by atoms with E-state index in [0.717, 1.165) is 13.1 Å². The van der Waals surface area contributed by atoms with Crippen LogP contribution in [0.3, 0.4) is 0 Å². The molecule has 18 heavy (non-hydrogen) atoms. The van der Waals surface area contributed by atoms with Crippen molar-refractivity contribution in [1.29, 1.82) is 0 Å². The number of aryl methyl sites for hydroxylation is 2. The molecule has 0 radical (unpaired) electrons. The zero-order valence-electron chi connectivity index (χ0n) is 11.6. The number of halogens is 1. The van der Waals surface area contributed by atoms with Gasteiger partial charge in [-0.2, -0.15) is 0 Å². The van der Waals surface area contributed by atoms with Crippen molar-refractivity contribution in [2.24, 2.45) is 11.7 Å². The van der Waals surface area contributed by atoms with Gasteiger partial charge in [0.15, 0.2) is 0 Å². The number of benzene rings is 1. The molecule has 102 valence electrons. The van der Waals surface area contributed by atoms with Gasteiger partial charge < -0.3 is 5.73 Å². The van der Waals surface area contributed by atoms with Crippen LogP contribution < -0.4 is 5.73 Å². The van der Waals surface area contributed by atoms with E-state index in [2.05, 4.69) is 43.9 Å². The Morgan fingerprint density at radius 1 is 1.33 bits per heavy atom. The van der Waals surface area contributed by atoms with Crippen LogP contribution in [-0.4, -0.2) is 24.0 Å². The fraction of sp³-hybridized carbons (Fsp3) is 0.600. The van der Waals surface area contributed by atoms with E-state index in [4.69, 9.17) is 5.73 Å².